The zero-order valence-corrected chi connectivity index (χ0v) is 9.30. The van der Waals surface area contributed by atoms with E-state index in [-0.39, 0.29) is 13.1 Å². The minimum Gasteiger partial charge on any atom is -0.480 e. The topological polar surface area (TPSA) is 179 Å². The first-order chi connectivity index (χ1) is 7.85. The van der Waals surface area contributed by atoms with E-state index in [4.69, 9.17) is 31.9 Å². The van der Waals surface area contributed by atoms with Crippen LogP contribution in [0.15, 0.2) is 0 Å². The summed E-state index contributed by atoms with van der Waals surface area (Å²) < 4.78 is 0. The maximum atomic E-state index is 10.2. The number of rotatable bonds is 6. The fraction of sp³-hybridized carbons (Fsp3) is 0.750. The quantitative estimate of drug-likeness (QED) is 0.249. The van der Waals surface area contributed by atoms with Crippen LogP contribution < -0.4 is 16.8 Å². The van der Waals surface area contributed by atoms with Crippen molar-refractivity contribution in [3.05, 3.63) is 0 Å². The highest BCUT2D eigenvalue weighted by molar-refractivity contribution is 5.82. The number of aliphatic hydroxyl groups is 3. The van der Waals surface area contributed by atoms with E-state index in [9.17, 15) is 9.59 Å². The van der Waals surface area contributed by atoms with Crippen molar-refractivity contribution < 1.29 is 30.0 Å². The highest BCUT2D eigenvalue weighted by atomic mass is 16.4. The van der Waals surface area contributed by atoms with Crippen LogP contribution in [-0.2, 0) is 9.59 Å². The normalized spacial score (nSPS) is 10.2. The molecule has 0 aliphatic heterocycles. The predicted octanol–water partition coefficient (Wildman–Crippen LogP) is -4.19. The van der Waals surface area contributed by atoms with Gasteiger partial charge in [-0.05, 0) is 0 Å². The highest BCUT2D eigenvalue weighted by Gasteiger charge is 2.20. The maximum Gasteiger partial charge on any atom is 0.322 e. The van der Waals surface area contributed by atoms with E-state index in [1.54, 1.807) is 0 Å². The lowest BCUT2D eigenvalue weighted by atomic mass is 10.1. The molecule has 0 spiro atoms. The Morgan fingerprint density at radius 1 is 1.12 bits per heavy atom. The van der Waals surface area contributed by atoms with E-state index in [0.29, 0.717) is 0 Å². The van der Waals surface area contributed by atoms with Gasteiger partial charge >= 0.3 is 5.97 Å². The van der Waals surface area contributed by atoms with E-state index < -0.39 is 37.2 Å². The minimum atomic E-state index is -1.21. The second kappa shape index (κ2) is 9.93. The van der Waals surface area contributed by atoms with Gasteiger partial charge in [-0.1, -0.05) is 0 Å². The lowest BCUT2D eigenvalue weighted by molar-refractivity contribution is -0.137. The van der Waals surface area contributed by atoms with Crippen molar-refractivity contribution in [2.75, 3.05) is 32.9 Å². The molecule has 0 aromatic carbocycles. The molecular formula is C8H19N3O6. The molecule has 0 aliphatic carbocycles. The number of nitrogens with one attached hydrogen (secondary N) is 1. The van der Waals surface area contributed by atoms with Gasteiger partial charge in [0.1, 0.15) is 6.54 Å². The van der Waals surface area contributed by atoms with Crippen molar-refractivity contribution in [3.63, 3.8) is 0 Å². The molecular weight excluding hydrogens is 234 g/mol. The van der Waals surface area contributed by atoms with Crippen LogP contribution >= 0.6 is 0 Å². The van der Waals surface area contributed by atoms with Gasteiger partial charge in [-0.15, -0.1) is 0 Å². The fourth-order valence-electron chi connectivity index (χ4n) is 0.396. The summed E-state index contributed by atoms with van der Waals surface area (Å²) in [6.45, 7) is -1.75. The molecule has 0 aromatic rings. The zero-order chi connectivity index (χ0) is 13.9. The third-order valence-electron chi connectivity index (χ3n) is 1.57. The summed E-state index contributed by atoms with van der Waals surface area (Å²) in [6.07, 6.45) is 0. The predicted molar refractivity (Wildman–Crippen MR) is 57.9 cm³/mol. The first kappa shape index (κ1) is 18.1. The van der Waals surface area contributed by atoms with Crippen LogP contribution in [0, 0.1) is 0 Å². The van der Waals surface area contributed by atoms with Gasteiger partial charge in [-0.3, -0.25) is 9.59 Å². The number of amides is 1. The Bertz CT molecular complexity index is 223. The van der Waals surface area contributed by atoms with Gasteiger partial charge in [0.15, 0.2) is 0 Å². The van der Waals surface area contributed by atoms with Crippen molar-refractivity contribution in [2.45, 2.75) is 5.54 Å². The summed E-state index contributed by atoms with van der Waals surface area (Å²) in [5.41, 5.74) is 8.79. The Morgan fingerprint density at radius 2 is 1.53 bits per heavy atom. The molecule has 102 valence electrons. The Balaban J connectivity index is 0. The molecule has 9 N–H and O–H groups in total. The molecule has 0 radical (unpaired) electrons. The number of nitrogens with two attached hydrogens (primary N) is 2. The smallest absolute Gasteiger partial charge is 0.322 e. The number of carboxylic acids is 1. The summed E-state index contributed by atoms with van der Waals surface area (Å²) in [5.74, 6) is -1.53. The lowest BCUT2D eigenvalue weighted by Crippen LogP contribution is -2.50. The third kappa shape index (κ3) is 11.0. The van der Waals surface area contributed by atoms with Crippen LogP contribution in [0.1, 0.15) is 0 Å². The van der Waals surface area contributed by atoms with Crippen LogP contribution in [0.25, 0.3) is 0 Å². The van der Waals surface area contributed by atoms with E-state index in [2.05, 4.69) is 5.32 Å². The molecule has 1 amide bonds. The van der Waals surface area contributed by atoms with Gasteiger partial charge in [0.2, 0.25) is 5.91 Å². The Kier molecular flexibility index (Phi) is 10.6. The zero-order valence-electron chi connectivity index (χ0n) is 9.30. The first-order valence-electron chi connectivity index (χ1n) is 4.65. The molecule has 0 rings (SSSR count). The van der Waals surface area contributed by atoms with Crippen LogP contribution in [0.4, 0.5) is 0 Å². The van der Waals surface area contributed by atoms with Crippen LogP contribution in [0.3, 0.4) is 0 Å². The second-order valence-electron chi connectivity index (χ2n) is 3.21. The van der Waals surface area contributed by atoms with Crippen LogP contribution in [0.2, 0.25) is 0 Å². The molecule has 9 heteroatoms. The van der Waals surface area contributed by atoms with Gasteiger partial charge in [0.25, 0.3) is 0 Å². The molecule has 0 aliphatic rings. The maximum absolute atomic E-state index is 10.2. The van der Waals surface area contributed by atoms with Crippen molar-refractivity contribution >= 4 is 11.9 Å². The van der Waals surface area contributed by atoms with Crippen molar-refractivity contribution in [1.82, 2.24) is 5.32 Å². The number of aliphatic carboxylic acids is 1. The summed E-state index contributed by atoms with van der Waals surface area (Å²) in [6, 6.07) is 0. The number of carbonyl (C=O) groups is 2. The Labute approximate surface area is 98.0 Å². The summed E-state index contributed by atoms with van der Waals surface area (Å²) in [5, 5.41) is 35.1. The van der Waals surface area contributed by atoms with Crippen molar-refractivity contribution in [1.29, 1.82) is 0 Å². The first-order valence-corrected chi connectivity index (χ1v) is 4.65. The van der Waals surface area contributed by atoms with Crippen LogP contribution in [0.5, 0.6) is 0 Å². The highest BCUT2D eigenvalue weighted by Crippen LogP contribution is 1.93. The SMILES string of the molecule is NC(CO)(CO)CO.NCC(=O)NCC(=O)O. The van der Waals surface area contributed by atoms with Gasteiger partial charge < -0.3 is 37.2 Å². The largest absolute Gasteiger partial charge is 0.480 e. The minimum absolute atomic E-state index is 0.173. The molecule has 0 aromatic heterocycles. The Morgan fingerprint density at radius 3 is 1.71 bits per heavy atom. The average Bonchev–Trinajstić information content (AvgIpc) is 2.35. The van der Waals surface area contributed by atoms with E-state index in [0.717, 1.165) is 0 Å². The summed E-state index contributed by atoms with van der Waals surface area (Å²) in [4.78, 5) is 20.0. The van der Waals surface area contributed by atoms with E-state index in [1.807, 2.05) is 0 Å². The second-order valence-corrected chi connectivity index (χ2v) is 3.21. The monoisotopic (exact) mass is 253 g/mol. The van der Waals surface area contributed by atoms with Gasteiger partial charge in [0.05, 0.1) is 31.9 Å². The Hall–Kier alpha value is -1.26. The van der Waals surface area contributed by atoms with Gasteiger partial charge in [-0.25, -0.2) is 0 Å². The van der Waals surface area contributed by atoms with Crippen molar-refractivity contribution in [3.8, 4) is 0 Å². The molecule has 9 nitrogen and oxygen atoms in total. The van der Waals surface area contributed by atoms with E-state index >= 15 is 0 Å². The summed E-state index contributed by atoms with van der Waals surface area (Å²) >= 11 is 0. The molecule has 17 heavy (non-hydrogen) atoms. The number of aliphatic hydroxyl groups excluding tert-OH is 3. The van der Waals surface area contributed by atoms with Crippen LogP contribution in [-0.4, -0.2) is 70.8 Å². The standard InChI is InChI=1S/C4H8N2O3.C4H11NO3/c5-1-3(7)6-2-4(8)9;5-4(1-6,2-7)3-8/h1-2,5H2,(H,6,7)(H,8,9);6-8H,1-3,5H2. The van der Waals surface area contributed by atoms with Crippen molar-refractivity contribution in [2.24, 2.45) is 11.5 Å². The molecule has 0 atom stereocenters. The molecule has 0 heterocycles. The third-order valence-corrected chi connectivity index (χ3v) is 1.57. The van der Waals surface area contributed by atoms with E-state index in [1.165, 1.54) is 0 Å². The number of carbonyl (C=O) groups excluding carboxylic acids is 1. The lowest BCUT2D eigenvalue weighted by Gasteiger charge is -2.20. The van der Waals surface area contributed by atoms with Gasteiger partial charge in [-0.2, -0.15) is 0 Å². The number of hydrogen-bond donors (Lipinski definition) is 7. The molecule has 0 bridgehead atoms. The average molecular weight is 253 g/mol. The molecule has 0 unspecified atom stereocenters. The molecule has 0 saturated carbocycles. The van der Waals surface area contributed by atoms with Gasteiger partial charge in [0, 0.05) is 0 Å². The number of carboxylic acid groups (broad SMARTS) is 1. The number of hydrogen-bond acceptors (Lipinski definition) is 7. The fourth-order valence-corrected chi connectivity index (χ4v) is 0.396. The molecule has 0 fully saturated rings. The molecule has 0 saturated heterocycles. The summed E-state index contributed by atoms with van der Waals surface area (Å²) in [7, 11) is 0.